The molecule has 4 aliphatic rings. The SMILES string of the molecule is C=CCNC(=O)C(=O)[C@@H]1CCCCCCCO[C@@H](C)[C@H](CC(=O)C[C@H](CN2CCC(C)(C)CC2=O)C(C)(C)C)C(=O)N2C[C@H]3[C@@H](C2C(=O)C1)C3(C)C. The van der Waals surface area contributed by atoms with Crippen molar-refractivity contribution >= 4 is 35.1 Å². The van der Waals surface area contributed by atoms with Gasteiger partial charge in [0.25, 0.3) is 5.91 Å². The summed E-state index contributed by atoms with van der Waals surface area (Å²) in [6.07, 6.45) is 7.21. The Morgan fingerprint density at radius 3 is 2.37 bits per heavy atom. The predicted octanol–water partition coefficient (Wildman–Crippen LogP) is 5.95. The van der Waals surface area contributed by atoms with Crippen LogP contribution in [0.15, 0.2) is 12.7 Å². The van der Waals surface area contributed by atoms with Crippen LogP contribution in [0.5, 0.6) is 0 Å². The van der Waals surface area contributed by atoms with Gasteiger partial charge < -0.3 is 19.9 Å². The van der Waals surface area contributed by atoms with Gasteiger partial charge in [-0.15, -0.1) is 6.58 Å². The summed E-state index contributed by atoms with van der Waals surface area (Å²) in [7, 11) is 0. The summed E-state index contributed by atoms with van der Waals surface area (Å²) in [4.78, 5) is 85.8. The molecule has 0 bridgehead atoms. The van der Waals surface area contributed by atoms with Crippen molar-refractivity contribution in [1.29, 1.82) is 0 Å². The number of ether oxygens (including phenoxy) is 1. The molecule has 0 aromatic heterocycles. The zero-order valence-electron chi connectivity index (χ0n) is 33.4. The summed E-state index contributed by atoms with van der Waals surface area (Å²) in [5, 5.41) is 2.58. The van der Waals surface area contributed by atoms with Gasteiger partial charge >= 0.3 is 0 Å². The minimum atomic E-state index is -0.767. The number of piperidine rings is 2. The number of carbonyl (C=O) groups is 6. The lowest BCUT2D eigenvalue weighted by Gasteiger charge is -2.41. The van der Waals surface area contributed by atoms with Crippen LogP contribution in [0.25, 0.3) is 0 Å². The molecule has 1 N–H and O–H groups in total. The maximum atomic E-state index is 14.7. The van der Waals surface area contributed by atoms with Gasteiger partial charge in [-0.3, -0.25) is 28.8 Å². The lowest BCUT2D eigenvalue weighted by molar-refractivity contribution is -0.149. The number of fused-ring (bicyclic) bond motifs is 3. The molecular formula is C42H67N3O7. The van der Waals surface area contributed by atoms with E-state index in [2.05, 4.69) is 60.4 Å². The van der Waals surface area contributed by atoms with Crippen molar-refractivity contribution in [3.05, 3.63) is 12.7 Å². The molecule has 0 radical (unpaired) electrons. The van der Waals surface area contributed by atoms with Gasteiger partial charge in [-0.05, 0) is 60.2 Å². The van der Waals surface area contributed by atoms with Gasteiger partial charge in [0, 0.05) is 64.4 Å². The van der Waals surface area contributed by atoms with E-state index in [1.165, 1.54) is 6.08 Å². The summed E-state index contributed by atoms with van der Waals surface area (Å²) < 4.78 is 6.28. The van der Waals surface area contributed by atoms with E-state index >= 15 is 0 Å². The number of nitrogens with zero attached hydrogens (tertiary/aromatic N) is 2. The first-order valence-electron chi connectivity index (χ1n) is 20.0. The van der Waals surface area contributed by atoms with Crippen LogP contribution < -0.4 is 5.32 Å². The predicted molar refractivity (Wildman–Crippen MR) is 201 cm³/mol. The van der Waals surface area contributed by atoms with Crippen LogP contribution in [-0.2, 0) is 33.5 Å². The van der Waals surface area contributed by atoms with Crippen molar-refractivity contribution in [3.63, 3.8) is 0 Å². The minimum absolute atomic E-state index is 0.00567. The standard InChI is InChI=1S/C42H67N3O7/c1-10-18-43-38(50)37(49)28-16-14-12-11-13-15-20-52-27(2)31(39(51)45-26-32-35(42(32,8)9)36(45)33(47)21-28)23-30(46)22-29(40(3,4)5)25-44-19-17-41(6,7)24-34(44)48/h10,27-29,31-32,35-36H,1,11-26H2,2-9H3,(H,43,50)/t27-,28+,29+,31-,32-,35-,36?/m0/s1. The third-order valence-electron chi connectivity index (χ3n) is 12.9. The third kappa shape index (κ3) is 10.2. The summed E-state index contributed by atoms with van der Waals surface area (Å²) in [6, 6.07) is -0.714. The maximum absolute atomic E-state index is 14.7. The van der Waals surface area contributed by atoms with E-state index in [0.717, 1.165) is 38.5 Å². The Morgan fingerprint density at radius 2 is 1.71 bits per heavy atom. The van der Waals surface area contributed by atoms with Crippen LogP contribution in [0.1, 0.15) is 126 Å². The number of nitrogens with one attached hydrogen (secondary N) is 1. The smallest absolute Gasteiger partial charge is 0.287 e. The molecule has 1 saturated carbocycles. The topological polar surface area (TPSA) is 130 Å². The van der Waals surface area contributed by atoms with Crippen molar-refractivity contribution in [3.8, 4) is 0 Å². The average Bonchev–Trinajstić information content (AvgIpc) is 3.36. The molecule has 3 saturated heterocycles. The fraction of sp³-hybridized carbons (Fsp3) is 0.810. The lowest BCUT2D eigenvalue weighted by atomic mass is 9.75. The van der Waals surface area contributed by atoms with Crippen LogP contribution in [0.2, 0.25) is 0 Å². The summed E-state index contributed by atoms with van der Waals surface area (Å²) >= 11 is 0. The molecule has 292 valence electrons. The highest BCUT2D eigenvalue weighted by Gasteiger charge is 2.69. The van der Waals surface area contributed by atoms with Gasteiger partial charge in [0.1, 0.15) is 5.78 Å². The minimum Gasteiger partial charge on any atom is -0.378 e. The Kier molecular flexibility index (Phi) is 13.7. The first-order valence-corrected chi connectivity index (χ1v) is 20.0. The molecule has 3 aliphatic heterocycles. The molecule has 7 atom stereocenters. The second-order valence-electron chi connectivity index (χ2n) is 18.8. The van der Waals surface area contributed by atoms with Crippen molar-refractivity contribution in [2.24, 2.45) is 45.8 Å². The number of likely N-dealkylation sites (tertiary alicyclic amines) is 1. The van der Waals surface area contributed by atoms with Crippen LogP contribution in [0, 0.1) is 45.8 Å². The molecule has 1 unspecified atom stereocenters. The van der Waals surface area contributed by atoms with Crippen molar-refractivity contribution in [2.45, 2.75) is 138 Å². The molecular weight excluding hydrogens is 658 g/mol. The van der Waals surface area contributed by atoms with E-state index in [1.54, 1.807) is 4.90 Å². The molecule has 0 aromatic carbocycles. The molecule has 3 amide bonds. The van der Waals surface area contributed by atoms with Crippen molar-refractivity contribution in [1.82, 2.24) is 15.1 Å². The van der Waals surface area contributed by atoms with Crippen molar-refractivity contribution in [2.75, 3.05) is 32.8 Å². The monoisotopic (exact) mass is 725 g/mol. The first-order chi connectivity index (χ1) is 24.3. The number of hydrogen-bond acceptors (Lipinski definition) is 7. The van der Waals surface area contributed by atoms with E-state index in [-0.39, 0.29) is 83.2 Å². The highest BCUT2D eigenvalue weighted by molar-refractivity contribution is 6.37. The van der Waals surface area contributed by atoms with Gasteiger partial charge in [0.2, 0.25) is 17.6 Å². The average molecular weight is 726 g/mol. The van der Waals surface area contributed by atoms with Crippen molar-refractivity contribution < 1.29 is 33.5 Å². The largest absolute Gasteiger partial charge is 0.378 e. The highest BCUT2D eigenvalue weighted by Crippen LogP contribution is 2.65. The van der Waals surface area contributed by atoms with E-state index in [1.807, 2.05) is 11.8 Å². The summed E-state index contributed by atoms with van der Waals surface area (Å²) in [6.45, 7) is 22.5. The number of amides is 3. The second kappa shape index (κ2) is 17.1. The third-order valence-corrected chi connectivity index (χ3v) is 12.9. The van der Waals surface area contributed by atoms with Gasteiger partial charge in [-0.1, -0.05) is 80.2 Å². The quantitative estimate of drug-likeness (QED) is 0.218. The van der Waals surface area contributed by atoms with Crippen LogP contribution in [0.3, 0.4) is 0 Å². The lowest BCUT2D eigenvalue weighted by Crippen LogP contribution is -2.51. The second-order valence-corrected chi connectivity index (χ2v) is 18.8. The van der Waals surface area contributed by atoms with Gasteiger partial charge in [0.05, 0.1) is 18.1 Å². The Balaban J connectivity index is 1.57. The Bertz CT molecular complexity index is 1360. The first kappa shape index (κ1) is 41.9. The number of rotatable bonds is 10. The molecule has 52 heavy (non-hydrogen) atoms. The Labute approximate surface area is 312 Å². The zero-order chi connectivity index (χ0) is 38.6. The maximum Gasteiger partial charge on any atom is 0.287 e. The zero-order valence-corrected chi connectivity index (χ0v) is 33.4. The summed E-state index contributed by atoms with van der Waals surface area (Å²) in [5.74, 6) is -3.16. The van der Waals surface area contributed by atoms with Crippen LogP contribution in [0.4, 0.5) is 0 Å². The van der Waals surface area contributed by atoms with Crippen LogP contribution in [-0.4, -0.2) is 89.8 Å². The van der Waals surface area contributed by atoms with Gasteiger partial charge in [-0.25, -0.2) is 0 Å². The molecule has 0 aromatic rings. The molecule has 0 spiro atoms. The van der Waals surface area contributed by atoms with Gasteiger partial charge in [0.15, 0.2) is 5.78 Å². The van der Waals surface area contributed by atoms with E-state index < -0.39 is 35.7 Å². The number of hydrogen-bond donors (Lipinski definition) is 1. The Morgan fingerprint density at radius 1 is 1.04 bits per heavy atom. The molecule has 3 heterocycles. The fourth-order valence-electron chi connectivity index (χ4n) is 8.96. The number of Topliss-reactive ketones (excluding diaryl/α,β-unsaturated/α-hetero) is 3. The fourth-order valence-corrected chi connectivity index (χ4v) is 8.96. The van der Waals surface area contributed by atoms with E-state index in [4.69, 9.17) is 4.74 Å². The normalized spacial score (nSPS) is 30.6. The number of carbonyl (C=O) groups excluding carboxylic acids is 6. The highest BCUT2D eigenvalue weighted by atomic mass is 16.5. The molecule has 10 heteroatoms. The van der Waals surface area contributed by atoms with Gasteiger partial charge in [-0.2, -0.15) is 0 Å². The molecule has 4 rings (SSSR count). The molecule has 1 aliphatic carbocycles. The van der Waals surface area contributed by atoms with E-state index in [9.17, 15) is 28.8 Å². The van der Waals surface area contributed by atoms with E-state index in [0.29, 0.717) is 39.1 Å². The number of ketones is 3. The Hall–Kier alpha value is -2.88. The summed E-state index contributed by atoms with van der Waals surface area (Å²) in [5.41, 5.74) is -0.402. The molecule has 10 nitrogen and oxygen atoms in total. The van der Waals surface area contributed by atoms with Crippen LogP contribution >= 0.6 is 0 Å². The molecule has 4 fully saturated rings.